The third kappa shape index (κ3) is 5.34. The van der Waals surface area contributed by atoms with Crippen LogP contribution in [-0.2, 0) is 4.79 Å². The van der Waals surface area contributed by atoms with Crippen LogP contribution in [0, 0.1) is 11.7 Å². The first-order valence-corrected chi connectivity index (χ1v) is 6.55. The van der Waals surface area contributed by atoms with E-state index < -0.39 is 0 Å². The quantitative estimate of drug-likeness (QED) is 0.829. The average Bonchev–Trinajstić information content (AvgIpc) is 2.36. The van der Waals surface area contributed by atoms with E-state index in [2.05, 4.69) is 15.6 Å². The van der Waals surface area contributed by atoms with Crippen molar-refractivity contribution in [2.75, 3.05) is 6.54 Å². The zero-order chi connectivity index (χ0) is 14.4. The molecule has 2 N–H and O–H groups in total. The number of hydrogen-bond donors (Lipinski definition) is 2. The second-order valence-electron chi connectivity index (χ2n) is 5.15. The predicted octanol–water partition coefficient (Wildman–Crippen LogP) is 2.03. The third-order valence-corrected chi connectivity index (χ3v) is 2.77. The third-order valence-electron chi connectivity index (χ3n) is 2.77. The number of nitrogens with one attached hydrogen (secondary N) is 2. The van der Waals surface area contributed by atoms with Gasteiger partial charge in [-0.05, 0) is 31.9 Å². The van der Waals surface area contributed by atoms with Gasteiger partial charge in [-0.25, -0.2) is 4.39 Å². The van der Waals surface area contributed by atoms with Gasteiger partial charge in [0.05, 0.1) is 17.9 Å². The van der Waals surface area contributed by atoms with Crippen LogP contribution >= 0.6 is 0 Å². The van der Waals surface area contributed by atoms with Crippen molar-refractivity contribution in [2.24, 2.45) is 5.92 Å². The SMILES string of the molecule is CC(C)CNC(=O)C(C)NC(C)c1ccc(F)cn1. The lowest BCUT2D eigenvalue weighted by Crippen LogP contribution is -2.44. The number of amides is 1. The van der Waals surface area contributed by atoms with Crippen molar-refractivity contribution >= 4 is 5.91 Å². The summed E-state index contributed by atoms with van der Waals surface area (Å²) in [6.07, 6.45) is 1.18. The fourth-order valence-electron chi connectivity index (χ4n) is 1.64. The first-order valence-electron chi connectivity index (χ1n) is 6.55. The monoisotopic (exact) mass is 267 g/mol. The highest BCUT2D eigenvalue weighted by Gasteiger charge is 2.16. The summed E-state index contributed by atoms with van der Waals surface area (Å²) >= 11 is 0. The Balaban J connectivity index is 2.49. The lowest BCUT2D eigenvalue weighted by Gasteiger charge is -2.19. The van der Waals surface area contributed by atoms with Crippen molar-refractivity contribution in [2.45, 2.75) is 39.8 Å². The molecule has 0 saturated carbocycles. The Labute approximate surface area is 113 Å². The van der Waals surface area contributed by atoms with Crippen LogP contribution in [0.5, 0.6) is 0 Å². The van der Waals surface area contributed by atoms with Crippen molar-refractivity contribution < 1.29 is 9.18 Å². The number of hydrogen-bond acceptors (Lipinski definition) is 3. The van der Waals surface area contributed by atoms with Crippen LogP contribution in [0.25, 0.3) is 0 Å². The summed E-state index contributed by atoms with van der Waals surface area (Å²) < 4.78 is 12.8. The topological polar surface area (TPSA) is 54.0 Å². The Kier molecular flexibility index (Phi) is 5.89. The molecule has 0 aromatic carbocycles. The van der Waals surface area contributed by atoms with Gasteiger partial charge in [-0.15, -0.1) is 0 Å². The molecule has 0 bridgehead atoms. The highest BCUT2D eigenvalue weighted by atomic mass is 19.1. The summed E-state index contributed by atoms with van der Waals surface area (Å²) in [6, 6.07) is 2.55. The maximum Gasteiger partial charge on any atom is 0.236 e. The Morgan fingerprint density at radius 2 is 2.00 bits per heavy atom. The molecule has 4 nitrogen and oxygen atoms in total. The van der Waals surface area contributed by atoms with Crippen LogP contribution in [0.3, 0.4) is 0 Å². The van der Waals surface area contributed by atoms with E-state index in [-0.39, 0.29) is 23.8 Å². The standard InChI is InChI=1S/C14H22FN3O/c1-9(2)7-17-14(19)11(4)18-10(3)13-6-5-12(15)8-16-13/h5-6,8-11,18H,7H2,1-4H3,(H,17,19). The Bertz CT molecular complexity index is 406. The number of rotatable bonds is 6. The second kappa shape index (κ2) is 7.19. The number of carbonyl (C=O) groups is 1. The highest BCUT2D eigenvalue weighted by Crippen LogP contribution is 2.10. The summed E-state index contributed by atoms with van der Waals surface area (Å²) in [4.78, 5) is 15.8. The zero-order valence-corrected chi connectivity index (χ0v) is 11.9. The Morgan fingerprint density at radius 3 is 2.53 bits per heavy atom. The Morgan fingerprint density at radius 1 is 1.32 bits per heavy atom. The molecule has 1 aromatic rings. The van der Waals surface area contributed by atoms with Crippen LogP contribution in [0.2, 0.25) is 0 Å². The van der Waals surface area contributed by atoms with Gasteiger partial charge in [-0.2, -0.15) is 0 Å². The summed E-state index contributed by atoms with van der Waals surface area (Å²) in [5.74, 6) is 0.0219. The molecule has 0 radical (unpaired) electrons. The molecule has 0 fully saturated rings. The minimum absolute atomic E-state index is 0.0392. The lowest BCUT2D eigenvalue weighted by molar-refractivity contribution is -0.123. The van der Waals surface area contributed by atoms with Crippen molar-refractivity contribution in [3.63, 3.8) is 0 Å². The molecule has 0 aliphatic carbocycles. The summed E-state index contributed by atoms with van der Waals surface area (Å²) in [5, 5.41) is 6.01. The molecule has 0 aliphatic heterocycles. The second-order valence-corrected chi connectivity index (χ2v) is 5.15. The fraction of sp³-hybridized carbons (Fsp3) is 0.571. The van der Waals surface area contributed by atoms with Crippen molar-refractivity contribution in [1.29, 1.82) is 0 Å². The number of pyridine rings is 1. The van der Waals surface area contributed by atoms with Crippen molar-refractivity contribution in [1.82, 2.24) is 15.6 Å². The van der Waals surface area contributed by atoms with E-state index in [0.29, 0.717) is 18.2 Å². The van der Waals surface area contributed by atoms with Crippen LogP contribution in [-0.4, -0.2) is 23.5 Å². The van der Waals surface area contributed by atoms with Gasteiger partial charge in [-0.3, -0.25) is 15.1 Å². The molecule has 2 unspecified atom stereocenters. The molecule has 0 aliphatic rings. The van der Waals surface area contributed by atoms with E-state index in [9.17, 15) is 9.18 Å². The molecule has 5 heteroatoms. The molecule has 106 valence electrons. The minimum Gasteiger partial charge on any atom is -0.354 e. The van der Waals surface area contributed by atoms with Gasteiger partial charge in [0.25, 0.3) is 0 Å². The fourth-order valence-corrected chi connectivity index (χ4v) is 1.64. The Hall–Kier alpha value is -1.49. The molecule has 1 aromatic heterocycles. The van der Waals surface area contributed by atoms with Gasteiger partial charge in [-0.1, -0.05) is 13.8 Å². The number of nitrogens with zero attached hydrogens (tertiary/aromatic N) is 1. The van der Waals surface area contributed by atoms with Crippen LogP contribution in [0.4, 0.5) is 4.39 Å². The van der Waals surface area contributed by atoms with Gasteiger partial charge in [0.1, 0.15) is 5.82 Å². The first-order chi connectivity index (χ1) is 8.90. The largest absolute Gasteiger partial charge is 0.354 e. The highest BCUT2D eigenvalue weighted by molar-refractivity contribution is 5.81. The number of aromatic nitrogens is 1. The smallest absolute Gasteiger partial charge is 0.236 e. The molecule has 1 heterocycles. The summed E-state index contributed by atoms with van der Waals surface area (Å²) in [5.41, 5.74) is 0.713. The maximum absolute atomic E-state index is 12.8. The van der Waals surface area contributed by atoms with Gasteiger partial charge < -0.3 is 5.32 Å². The molecule has 2 atom stereocenters. The van der Waals surface area contributed by atoms with Crippen molar-refractivity contribution in [3.8, 4) is 0 Å². The zero-order valence-electron chi connectivity index (χ0n) is 11.9. The first kappa shape index (κ1) is 15.6. The van der Waals surface area contributed by atoms with E-state index in [1.54, 1.807) is 13.0 Å². The molecule has 0 spiro atoms. The van der Waals surface area contributed by atoms with Crippen molar-refractivity contribution in [3.05, 3.63) is 29.8 Å². The predicted molar refractivity (Wildman–Crippen MR) is 73.1 cm³/mol. The summed E-state index contributed by atoms with van der Waals surface area (Å²) in [7, 11) is 0. The van der Waals surface area contributed by atoms with Gasteiger partial charge >= 0.3 is 0 Å². The summed E-state index contributed by atoms with van der Waals surface area (Å²) in [6.45, 7) is 8.45. The van der Waals surface area contributed by atoms with Crippen LogP contribution in [0.15, 0.2) is 18.3 Å². The molecule has 0 saturated heterocycles. The van der Waals surface area contributed by atoms with Crippen LogP contribution < -0.4 is 10.6 Å². The van der Waals surface area contributed by atoms with E-state index in [1.165, 1.54) is 12.3 Å². The van der Waals surface area contributed by atoms with E-state index in [1.807, 2.05) is 20.8 Å². The van der Waals surface area contributed by atoms with E-state index in [4.69, 9.17) is 0 Å². The van der Waals surface area contributed by atoms with Crippen LogP contribution in [0.1, 0.15) is 39.4 Å². The number of carbonyl (C=O) groups excluding carboxylic acids is 1. The maximum atomic E-state index is 12.8. The molecule has 1 rings (SSSR count). The normalized spacial score (nSPS) is 14.2. The van der Waals surface area contributed by atoms with Gasteiger partial charge in [0.15, 0.2) is 0 Å². The minimum atomic E-state index is -0.362. The molecular weight excluding hydrogens is 245 g/mol. The molecule has 1 amide bonds. The molecular formula is C14H22FN3O. The lowest BCUT2D eigenvalue weighted by atomic mass is 10.1. The molecule has 19 heavy (non-hydrogen) atoms. The van der Waals surface area contributed by atoms with E-state index in [0.717, 1.165) is 0 Å². The van der Waals surface area contributed by atoms with Gasteiger partial charge in [0, 0.05) is 12.6 Å². The van der Waals surface area contributed by atoms with E-state index >= 15 is 0 Å². The average molecular weight is 267 g/mol. The van der Waals surface area contributed by atoms with Gasteiger partial charge in [0.2, 0.25) is 5.91 Å². The number of halogens is 1.